The van der Waals surface area contributed by atoms with Crippen molar-refractivity contribution in [3.63, 3.8) is 0 Å². The number of rotatable bonds is 7. The zero-order valence-corrected chi connectivity index (χ0v) is 19.5. The minimum Gasteiger partial charge on any atom is -0.508 e. The van der Waals surface area contributed by atoms with Crippen LogP contribution in [-0.4, -0.2) is 21.2 Å². The van der Waals surface area contributed by atoms with Gasteiger partial charge in [-0.05, 0) is 83.6 Å². The van der Waals surface area contributed by atoms with Gasteiger partial charge in [0.05, 0.1) is 18.1 Å². The van der Waals surface area contributed by atoms with E-state index in [1.807, 2.05) is 42.5 Å². The maximum atomic E-state index is 13.3. The summed E-state index contributed by atoms with van der Waals surface area (Å²) in [5.41, 5.74) is 4.05. The summed E-state index contributed by atoms with van der Waals surface area (Å²) in [6, 6.07) is 26.9. The minimum atomic E-state index is -0.797. The third kappa shape index (κ3) is 4.68. The largest absolute Gasteiger partial charge is 0.508 e. The summed E-state index contributed by atoms with van der Waals surface area (Å²) in [6.07, 6.45) is 0.0244. The van der Waals surface area contributed by atoms with Crippen molar-refractivity contribution in [2.45, 2.75) is 25.0 Å². The summed E-state index contributed by atoms with van der Waals surface area (Å²) in [5.74, 6) is -0.402. The van der Waals surface area contributed by atoms with E-state index in [9.17, 15) is 24.5 Å². The second-order valence-corrected chi connectivity index (χ2v) is 9.09. The molecule has 5 rings (SSSR count). The number of phenolic OH excluding ortho intramolecular Hbond substituents is 2. The first-order valence-electron chi connectivity index (χ1n) is 11.9. The van der Waals surface area contributed by atoms with Gasteiger partial charge in [-0.3, -0.25) is 4.79 Å². The molecule has 0 aliphatic carbocycles. The first-order chi connectivity index (χ1) is 17.4. The highest BCUT2D eigenvalue weighted by Gasteiger charge is 2.48. The first-order valence-corrected chi connectivity index (χ1v) is 11.9. The van der Waals surface area contributed by atoms with Crippen LogP contribution in [0.2, 0.25) is 0 Å². The molecule has 0 bridgehead atoms. The lowest BCUT2D eigenvalue weighted by molar-refractivity contribution is -0.131. The third-order valence-electron chi connectivity index (χ3n) is 6.78. The molecule has 1 amide bonds. The van der Waals surface area contributed by atoms with Crippen LogP contribution in [0.1, 0.15) is 36.1 Å². The van der Waals surface area contributed by atoms with Crippen molar-refractivity contribution in [3.8, 4) is 22.6 Å². The number of aliphatic hydroxyl groups excluding tert-OH is 1. The van der Waals surface area contributed by atoms with Gasteiger partial charge in [-0.25, -0.2) is 4.39 Å². The average Bonchev–Trinajstić information content (AvgIpc) is 2.88. The second-order valence-electron chi connectivity index (χ2n) is 9.09. The third-order valence-corrected chi connectivity index (χ3v) is 6.78. The summed E-state index contributed by atoms with van der Waals surface area (Å²) < 4.78 is 13.2. The number of benzene rings is 4. The van der Waals surface area contributed by atoms with Gasteiger partial charge < -0.3 is 20.2 Å². The molecule has 36 heavy (non-hydrogen) atoms. The van der Waals surface area contributed by atoms with E-state index in [1.54, 1.807) is 47.4 Å². The molecule has 3 N–H and O–H groups in total. The normalized spacial score (nSPS) is 18.1. The van der Waals surface area contributed by atoms with Crippen LogP contribution >= 0.6 is 0 Å². The fraction of sp³-hybridized carbons (Fsp3) is 0.167. The van der Waals surface area contributed by atoms with Crippen LogP contribution in [0.5, 0.6) is 11.5 Å². The topological polar surface area (TPSA) is 81.0 Å². The number of halogens is 1. The SMILES string of the molecule is O=C1[C@H](CC[C@H](O)c2ccc(F)cc2)[C@@H](c2ccc(O)cc2)N1c1ccc(-c2cccc(O)c2)cc1. The van der Waals surface area contributed by atoms with Crippen molar-refractivity contribution < 1.29 is 24.5 Å². The van der Waals surface area contributed by atoms with Crippen molar-refractivity contribution in [2.75, 3.05) is 4.90 Å². The molecule has 0 radical (unpaired) electrons. The standard InChI is InChI=1S/C30H26FNO4/c31-23-10-4-20(5-11-23)28(35)17-16-27-29(21-8-14-25(33)15-9-21)32(30(27)36)24-12-6-19(7-13-24)22-2-1-3-26(34)18-22/h1-15,18,27-29,33-35H,16-17H2/t27-,28+,29-/m1/s1. The highest BCUT2D eigenvalue weighted by Crippen LogP contribution is 2.46. The van der Waals surface area contributed by atoms with Crippen molar-refractivity contribution in [2.24, 2.45) is 5.92 Å². The number of amides is 1. The maximum absolute atomic E-state index is 13.3. The molecule has 6 heteroatoms. The van der Waals surface area contributed by atoms with Gasteiger partial charge in [-0.2, -0.15) is 0 Å². The van der Waals surface area contributed by atoms with E-state index < -0.39 is 6.10 Å². The smallest absolute Gasteiger partial charge is 0.233 e. The zero-order chi connectivity index (χ0) is 25.2. The summed E-state index contributed by atoms with van der Waals surface area (Å²) in [5, 5.41) is 30.1. The molecule has 0 saturated carbocycles. The van der Waals surface area contributed by atoms with Crippen LogP contribution < -0.4 is 4.90 Å². The van der Waals surface area contributed by atoms with E-state index in [-0.39, 0.29) is 35.2 Å². The van der Waals surface area contributed by atoms with Gasteiger partial charge in [0.2, 0.25) is 5.91 Å². The van der Waals surface area contributed by atoms with Crippen LogP contribution in [0.3, 0.4) is 0 Å². The Morgan fingerprint density at radius 2 is 1.50 bits per heavy atom. The van der Waals surface area contributed by atoms with E-state index in [4.69, 9.17) is 0 Å². The molecule has 0 unspecified atom stereocenters. The van der Waals surface area contributed by atoms with E-state index in [0.717, 1.165) is 22.4 Å². The Kier molecular flexibility index (Phi) is 6.44. The monoisotopic (exact) mass is 483 g/mol. The maximum Gasteiger partial charge on any atom is 0.233 e. The lowest BCUT2D eigenvalue weighted by Gasteiger charge is -2.48. The highest BCUT2D eigenvalue weighted by molar-refractivity contribution is 6.03. The Bertz CT molecular complexity index is 1350. The number of nitrogens with zero attached hydrogens (tertiary/aromatic N) is 1. The molecular weight excluding hydrogens is 457 g/mol. The molecule has 5 nitrogen and oxygen atoms in total. The van der Waals surface area contributed by atoms with Gasteiger partial charge >= 0.3 is 0 Å². The predicted octanol–water partition coefficient (Wildman–Crippen LogP) is 6.12. The average molecular weight is 484 g/mol. The van der Waals surface area contributed by atoms with Gasteiger partial charge in [0, 0.05) is 5.69 Å². The molecule has 1 aliphatic rings. The molecule has 0 spiro atoms. The van der Waals surface area contributed by atoms with Crippen LogP contribution in [0.4, 0.5) is 10.1 Å². The molecule has 0 aromatic heterocycles. The fourth-order valence-corrected chi connectivity index (χ4v) is 4.86. The molecule has 1 heterocycles. The van der Waals surface area contributed by atoms with Gasteiger partial charge in [-0.15, -0.1) is 0 Å². The first kappa shape index (κ1) is 23.6. The zero-order valence-electron chi connectivity index (χ0n) is 19.5. The number of phenols is 2. The molecule has 1 saturated heterocycles. The Labute approximate surface area is 208 Å². The van der Waals surface area contributed by atoms with Crippen LogP contribution in [0.15, 0.2) is 97.1 Å². The lowest BCUT2D eigenvalue weighted by atomic mass is 9.78. The molecule has 1 fully saturated rings. The van der Waals surface area contributed by atoms with Crippen LogP contribution in [-0.2, 0) is 4.79 Å². The minimum absolute atomic E-state index is 0.0375. The number of hydrogen-bond donors (Lipinski definition) is 3. The molecule has 1 aliphatic heterocycles. The highest BCUT2D eigenvalue weighted by atomic mass is 19.1. The molecule has 4 aromatic carbocycles. The quantitative estimate of drug-likeness (QED) is 0.277. The second kappa shape index (κ2) is 9.84. The number of aliphatic hydroxyl groups is 1. The summed E-state index contributed by atoms with van der Waals surface area (Å²) in [7, 11) is 0. The number of carbonyl (C=O) groups is 1. The number of carbonyl (C=O) groups excluding carboxylic acids is 1. The number of β-lactam (4-membered cyclic amide) rings is 1. The number of aromatic hydroxyl groups is 2. The molecule has 4 aromatic rings. The number of anilines is 1. The summed E-state index contributed by atoms with van der Waals surface area (Å²) in [4.78, 5) is 15.1. The van der Waals surface area contributed by atoms with Crippen molar-refractivity contribution >= 4 is 11.6 Å². The molecule has 182 valence electrons. The van der Waals surface area contributed by atoms with Gasteiger partial charge in [-0.1, -0.05) is 48.5 Å². The molecular formula is C30H26FNO4. The lowest BCUT2D eigenvalue weighted by Crippen LogP contribution is -2.55. The van der Waals surface area contributed by atoms with E-state index in [1.165, 1.54) is 12.1 Å². The van der Waals surface area contributed by atoms with Gasteiger partial charge in [0.1, 0.15) is 17.3 Å². The van der Waals surface area contributed by atoms with Crippen LogP contribution in [0, 0.1) is 11.7 Å². The Hall–Kier alpha value is -4.16. The van der Waals surface area contributed by atoms with E-state index in [0.29, 0.717) is 18.4 Å². The Morgan fingerprint density at radius 1 is 0.806 bits per heavy atom. The summed E-state index contributed by atoms with van der Waals surface area (Å²) in [6.45, 7) is 0. The van der Waals surface area contributed by atoms with Crippen molar-refractivity contribution in [1.82, 2.24) is 0 Å². The summed E-state index contributed by atoms with van der Waals surface area (Å²) >= 11 is 0. The van der Waals surface area contributed by atoms with Crippen molar-refractivity contribution in [3.05, 3.63) is 114 Å². The van der Waals surface area contributed by atoms with Gasteiger partial charge in [0.25, 0.3) is 0 Å². The van der Waals surface area contributed by atoms with E-state index >= 15 is 0 Å². The predicted molar refractivity (Wildman–Crippen MR) is 136 cm³/mol. The fourth-order valence-electron chi connectivity index (χ4n) is 4.86. The molecule has 3 atom stereocenters. The van der Waals surface area contributed by atoms with Crippen molar-refractivity contribution in [1.29, 1.82) is 0 Å². The van der Waals surface area contributed by atoms with Crippen LogP contribution in [0.25, 0.3) is 11.1 Å². The number of hydrogen-bond acceptors (Lipinski definition) is 4. The Morgan fingerprint density at radius 3 is 2.17 bits per heavy atom. The van der Waals surface area contributed by atoms with E-state index in [2.05, 4.69) is 0 Å². The van der Waals surface area contributed by atoms with Gasteiger partial charge in [0.15, 0.2) is 0 Å². The Balaban J connectivity index is 1.37.